The van der Waals surface area contributed by atoms with Crippen LogP contribution in [-0.4, -0.2) is 41.7 Å². The van der Waals surface area contributed by atoms with Crippen molar-refractivity contribution in [2.45, 2.75) is 94.4 Å². The highest BCUT2D eigenvalue weighted by molar-refractivity contribution is 7.46. The second kappa shape index (κ2) is 36.2. The first-order valence-electron chi connectivity index (χ1n) is 10.0. The van der Waals surface area contributed by atoms with Gasteiger partial charge in [-0.3, -0.25) is 14.3 Å². The van der Waals surface area contributed by atoms with Gasteiger partial charge in [0, 0.05) is 13.0 Å². The van der Waals surface area contributed by atoms with Crippen molar-refractivity contribution < 1.29 is 28.4 Å². The number of phosphoric ester groups is 1. The number of hydrogen-bond donors (Lipinski definition) is 2. The first-order valence-corrected chi connectivity index (χ1v) is 11.6. The fourth-order valence-corrected chi connectivity index (χ4v) is 1.38. The number of phosphoric acid groups is 1. The van der Waals surface area contributed by atoms with Gasteiger partial charge in [0.1, 0.15) is 0 Å². The van der Waals surface area contributed by atoms with Gasteiger partial charge in [-0.15, -0.1) is 0 Å². The van der Waals surface area contributed by atoms with Crippen LogP contribution in [0.2, 0.25) is 0 Å². The number of carbonyl (C=O) groups is 1. The zero-order chi connectivity index (χ0) is 22.6. The van der Waals surface area contributed by atoms with E-state index in [0.717, 1.165) is 13.0 Å². The molecule has 0 atom stereocenters. The van der Waals surface area contributed by atoms with E-state index in [1.165, 1.54) is 26.2 Å². The molecule has 0 aromatic rings. The lowest BCUT2D eigenvalue weighted by atomic mass is 10.3. The fraction of sp³-hybridized carbons (Fsp3) is 0.895. The number of carbonyl (C=O) groups excluding carboxylic acids is 1. The second-order valence-electron chi connectivity index (χ2n) is 4.51. The van der Waals surface area contributed by atoms with Gasteiger partial charge >= 0.3 is 13.8 Å². The molecule has 0 amide bonds. The van der Waals surface area contributed by atoms with Crippen LogP contribution in [0, 0.1) is 0 Å². The Kier molecular flexibility index (Phi) is 49.7. The van der Waals surface area contributed by atoms with Crippen LogP contribution in [0.4, 0.5) is 0 Å². The van der Waals surface area contributed by atoms with Crippen LogP contribution in [0.5, 0.6) is 0 Å². The fourth-order valence-electron chi connectivity index (χ4n) is 1.04. The van der Waals surface area contributed by atoms with Crippen molar-refractivity contribution in [1.29, 1.82) is 0 Å². The number of ether oxygens (including phenoxy) is 1. The van der Waals surface area contributed by atoms with Crippen LogP contribution >= 0.6 is 7.82 Å². The Morgan fingerprint density at radius 1 is 0.963 bits per heavy atom. The highest BCUT2D eigenvalue weighted by Gasteiger charge is 2.10. The van der Waals surface area contributed by atoms with Crippen molar-refractivity contribution in [3.63, 3.8) is 0 Å². The van der Waals surface area contributed by atoms with Crippen molar-refractivity contribution in [2.24, 2.45) is 4.99 Å². The summed E-state index contributed by atoms with van der Waals surface area (Å²) in [6.07, 6.45) is 7.55. The Labute approximate surface area is 168 Å². The maximum absolute atomic E-state index is 10.2. The number of nitrogens with zero attached hydrogens (tertiary/aromatic N) is 1. The Bertz CT molecular complexity index is 311. The van der Waals surface area contributed by atoms with Gasteiger partial charge in [-0.1, -0.05) is 60.8 Å². The highest BCUT2D eigenvalue weighted by atomic mass is 31.2. The molecule has 0 spiro atoms. The minimum absolute atomic E-state index is 0.0459. The van der Waals surface area contributed by atoms with E-state index in [0.29, 0.717) is 13.0 Å². The predicted molar refractivity (Wildman–Crippen MR) is 116 cm³/mol. The number of esters is 1. The van der Waals surface area contributed by atoms with Crippen LogP contribution < -0.4 is 0 Å². The van der Waals surface area contributed by atoms with Gasteiger partial charge in [0.15, 0.2) is 0 Å². The molecule has 168 valence electrons. The summed E-state index contributed by atoms with van der Waals surface area (Å²) in [5, 5.41) is 0. The molecule has 27 heavy (non-hydrogen) atoms. The maximum atomic E-state index is 10.2. The van der Waals surface area contributed by atoms with Crippen LogP contribution in [0.1, 0.15) is 94.4 Å². The number of aliphatic imine (C=N–C) groups is 1. The van der Waals surface area contributed by atoms with E-state index in [-0.39, 0.29) is 12.6 Å². The molecule has 0 saturated carbocycles. The van der Waals surface area contributed by atoms with Gasteiger partial charge in [-0.25, -0.2) is 4.57 Å². The van der Waals surface area contributed by atoms with Crippen molar-refractivity contribution >= 4 is 20.0 Å². The molecule has 0 aliphatic heterocycles. The lowest BCUT2D eigenvalue weighted by Crippen LogP contribution is -2.00. The van der Waals surface area contributed by atoms with Gasteiger partial charge in [0.05, 0.1) is 13.2 Å². The molecule has 8 heteroatoms. The summed E-state index contributed by atoms with van der Waals surface area (Å²) in [5.74, 6) is -0.123. The smallest absolute Gasteiger partial charge is 0.466 e. The monoisotopic (exact) mass is 415 g/mol. The summed E-state index contributed by atoms with van der Waals surface area (Å²) in [7, 11) is -4.17. The van der Waals surface area contributed by atoms with E-state index >= 15 is 0 Å². The molecule has 0 rings (SSSR count). The first-order chi connectivity index (χ1) is 12.7. The average molecular weight is 416 g/mol. The summed E-state index contributed by atoms with van der Waals surface area (Å²) >= 11 is 0. The van der Waals surface area contributed by atoms with E-state index in [4.69, 9.17) is 9.79 Å². The van der Waals surface area contributed by atoms with Gasteiger partial charge in [-0.2, -0.15) is 0 Å². The van der Waals surface area contributed by atoms with Crippen molar-refractivity contribution in [2.75, 3.05) is 19.8 Å². The van der Waals surface area contributed by atoms with Crippen molar-refractivity contribution in [3.05, 3.63) is 0 Å². The van der Waals surface area contributed by atoms with Crippen LogP contribution in [0.3, 0.4) is 0 Å². The quantitative estimate of drug-likeness (QED) is 0.295. The summed E-state index contributed by atoms with van der Waals surface area (Å²) in [5.41, 5.74) is 0. The molecule has 7 nitrogen and oxygen atoms in total. The molecule has 0 saturated heterocycles. The van der Waals surface area contributed by atoms with Crippen LogP contribution in [0.15, 0.2) is 4.99 Å². The van der Waals surface area contributed by atoms with E-state index < -0.39 is 7.82 Å². The lowest BCUT2D eigenvalue weighted by molar-refractivity contribution is -0.142. The summed E-state index contributed by atoms with van der Waals surface area (Å²) in [6.45, 7) is 19.1. The Morgan fingerprint density at radius 2 is 1.44 bits per heavy atom. The molecule has 0 aromatic carbocycles. The van der Waals surface area contributed by atoms with E-state index in [9.17, 15) is 9.36 Å². The zero-order valence-electron chi connectivity index (χ0n) is 19.2. The van der Waals surface area contributed by atoms with Gasteiger partial charge < -0.3 is 14.5 Å². The third kappa shape index (κ3) is 77.7. The molecule has 0 bridgehead atoms. The molecular formula is C19H46NO6P. The maximum Gasteiger partial charge on any atom is 0.469 e. The molecular weight excluding hydrogens is 369 g/mol. The standard InChI is InChI=1S/C5H11N.C5H10O2.C5H12.C2H7O4P.C2H6/c1-3-5-6-4-2;1-3-5(6)7-4-2;1-3-5-4-2;1-2-6-7(3,4)5;1-2/h5H,3-4H2,1-2H3;3-4H2,1-2H3;3-5H2,1-2H3;2H2,1H3,(H2,3,4,5);1-2H3. The predicted octanol–water partition coefficient (Wildman–Crippen LogP) is 5.78. The Balaban J connectivity index is -0.0000000777. The zero-order valence-corrected chi connectivity index (χ0v) is 20.1. The lowest BCUT2D eigenvalue weighted by Gasteiger charge is -1.98. The van der Waals surface area contributed by atoms with Crippen LogP contribution in [0.25, 0.3) is 0 Å². The molecule has 2 N–H and O–H groups in total. The molecule has 0 aliphatic rings. The minimum atomic E-state index is -4.17. The normalized spacial score (nSPS) is 9.30. The summed E-state index contributed by atoms with van der Waals surface area (Å²) in [4.78, 5) is 30.0. The van der Waals surface area contributed by atoms with Crippen LogP contribution in [-0.2, 0) is 18.6 Å². The summed E-state index contributed by atoms with van der Waals surface area (Å²) < 4.78 is 18.2. The van der Waals surface area contributed by atoms with Gasteiger partial charge in [-0.05, 0) is 33.4 Å². The first kappa shape index (κ1) is 37.1. The topological polar surface area (TPSA) is 105 Å². The minimum Gasteiger partial charge on any atom is -0.466 e. The molecule has 0 radical (unpaired) electrons. The molecule has 0 aliphatic carbocycles. The SMILES string of the molecule is CC.CCC=NCC.CCCCC.CCOC(=O)CC.CCOP(=O)(O)O. The van der Waals surface area contributed by atoms with Gasteiger partial charge in [0.2, 0.25) is 0 Å². The number of rotatable bonds is 8. The van der Waals surface area contributed by atoms with Crippen molar-refractivity contribution in [3.8, 4) is 0 Å². The number of hydrogen-bond acceptors (Lipinski definition) is 5. The average Bonchev–Trinajstić information content (AvgIpc) is 2.63. The third-order valence-electron chi connectivity index (χ3n) is 2.09. The van der Waals surface area contributed by atoms with E-state index in [1.807, 2.05) is 27.0 Å². The van der Waals surface area contributed by atoms with Crippen molar-refractivity contribution in [1.82, 2.24) is 0 Å². The van der Waals surface area contributed by atoms with E-state index in [2.05, 4.69) is 35.0 Å². The van der Waals surface area contributed by atoms with E-state index in [1.54, 1.807) is 13.8 Å². The summed E-state index contributed by atoms with van der Waals surface area (Å²) in [6, 6.07) is 0. The molecule has 0 heterocycles. The number of unbranched alkanes of at least 4 members (excludes halogenated alkanes) is 2. The third-order valence-corrected chi connectivity index (χ3v) is 2.69. The Hall–Kier alpha value is -0.750. The Morgan fingerprint density at radius 3 is 1.52 bits per heavy atom. The molecule has 0 unspecified atom stereocenters. The molecule has 0 fully saturated rings. The highest BCUT2D eigenvalue weighted by Crippen LogP contribution is 2.34. The second-order valence-corrected chi connectivity index (χ2v) is 5.75. The van der Waals surface area contributed by atoms with Gasteiger partial charge in [0.25, 0.3) is 0 Å². The molecule has 0 aromatic heterocycles. The largest absolute Gasteiger partial charge is 0.469 e.